The van der Waals surface area contributed by atoms with Crippen molar-refractivity contribution in [2.75, 3.05) is 24.3 Å². The average molecular weight is 407 g/mol. The number of rotatable bonds is 10. The molecule has 0 heterocycles. The summed E-state index contributed by atoms with van der Waals surface area (Å²) in [5, 5.41) is 2.74. The van der Waals surface area contributed by atoms with Crippen molar-refractivity contribution < 1.29 is 22.7 Å². The van der Waals surface area contributed by atoms with Gasteiger partial charge in [-0.15, -0.1) is 0 Å². The first-order valence-electron chi connectivity index (χ1n) is 9.04. The number of unbranched alkanes of at least 4 members (excludes halogenated alkanes) is 2. The molecule has 0 spiro atoms. The van der Waals surface area contributed by atoms with Crippen LogP contribution in [0, 0.1) is 0 Å². The Hall–Kier alpha value is -2.74. The van der Waals surface area contributed by atoms with Crippen LogP contribution in [-0.4, -0.2) is 28.5 Å². The second-order valence-electron chi connectivity index (χ2n) is 6.20. The monoisotopic (exact) mass is 406 g/mol. The lowest BCUT2D eigenvalue weighted by atomic mass is 10.2. The highest BCUT2D eigenvalue weighted by atomic mass is 32.2. The molecule has 0 aliphatic carbocycles. The van der Waals surface area contributed by atoms with Crippen molar-refractivity contribution in [3.63, 3.8) is 0 Å². The lowest BCUT2D eigenvalue weighted by Gasteiger charge is -2.14. The number of benzene rings is 2. The molecule has 0 aliphatic heterocycles. The van der Waals surface area contributed by atoms with Crippen molar-refractivity contribution in [3.05, 3.63) is 42.5 Å². The number of anilines is 2. The zero-order valence-corrected chi connectivity index (χ0v) is 17.1. The molecule has 0 unspecified atom stereocenters. The van der Waals surface area contributed by atoms with Gasteiger partial charge in [-0.3, -0.25) is 9.52 Å². The topological polar surface area (TPSA) is 93.7 Å². The molecular weight excluding hydrogens is 380 g/mol. The maximum atomic E-state index is 12.8. The maximum Gasteiger partial charge on any atom is 0.265 e. The van der Waals surface area contributed by atoms with E-state index in [9.17, 15) is 13.2 Å². The van der Waals surface area contributed by atoms with Crippen LogP contribution in [-0.2, 0) is 14.8 Å². The number of carbonyl (C=O) groups excluding carboxylic acids is 1. The van der Waals surface area contributed by atoms with E-state index < -0.39 is 10.0 Å². The van der Waals surface area contributed by atoms with E-state index in [2.05, 4.69) is 17.0 Å². The number of sulfonamides is 1. The van der Waals surface area contributed by atoms with Crippen LogP contribution in [0.5, 0.6) is 11.5 Å². The summed E-state index contributed by atoms with van der Waals surface area (Å²) in [4.78, 5) is 12.0. The normalized spacial score (nSPS) is 11.0. The van der Waals surface area contributed by atoms with Crippen molar-refractivity contribution in [2.45, 2.75) is 37.5 Å². The molecule has 0 aromatic heterocycles. The highest BCUT2D eigenvalue weighted by molar-refractivity contribution is 7.92. The van der Waals surface area contributed by atoms with Gasteiger partial charge in [0.15, 0.2) is 0 Å². The van der Waals surface area contributed by atoms with E-state index in [-0.39, 0.29) is 16.6 Å². The van der Waals surface area contributed by atoms with Crippen LogP contribution < -0.4 is 19.5 Å². The zero-order valence-electron chi connectivity index (χ0n) is 16.3. The highest BCUT2D eigenvalue weighted by Gasteiger charge is 2.21. The number of ether oxygens (including phenoxy) is 2. The predicted molar refractivity (Wildman–Crippen MR) is 110 cm³/mol. The molecule has 0 aliphatic rings. The first kappa shape index (κ1) is 21.6. The number of carbonyl (C=O) groups is 1. The Balaban J connectivity index is 2.22. The number of hydrogen-bond donors (Lipinski definition) is 2. The maximum absolute atomic E-state index is 12.8. The third kappa shape index (κ3) is 5.88. The van der Waals surface area contributed by atoms with E-state index in [4.69, 9.17) is 9.47 Å². The largest absolute Gasteiger partial charge is 0.497 e. The van der Waals surface area contributed by atoms with Crippen LogP contribution >= 0.6 is 0 Å². The standard InChI is InChI=1S/C20H26N2O5S/c1-4-5-6-7-20(23)21-16-10-13-18(27-3)19(14-16)28(24,25)22-15-8-11-17(26-2)12-9-15/h8-14,22H,4-7H2,1-3H3,(H,21,23). The van der Waals surface area contributed by atoms with E-state index in [1.165, 1.54) is 26.4 Å². The van der Waals surface area contributed by atoms with Gasteiger partial charge in [0, 0.05) is 17.8 Å². The molecule has 2 aromatic rings. The van der Waals surface area contributed by atoms with Gasteiger partial charge in [0.2, 0.25) is 5.91 Å². The minimum absolute atomic E-state index is 0.0582. The molecule has 28 heavy (non-hydrogen) atoms. The Morgan fingerprint density at radius 3 is 2.25 bits per heavy atom. The molecule has 152 valence electrons. The highest BCUT2D eigenvalue weighted by Crippen LogP contribution is 2.29. The number of hydrogen-bond acceptors (Lipinski definition) is 5. The van der Waals surface area contributed by atoms with Gasteiger partial charge in [0.1, 0.15) is 16.4 Å². The molecule has 0 bridgehead atoms. The minimum Gasteiger partial charge on any atom is -0.497 e. The molecule has 2 N–H and O–H groups in total. The van der Waals surface area contributed by atoms with Crippen molar-refractivity contribution >= 4 is 27.3 Å². The van der Waals surface area contributed by atoms with Crippen molar-refractivity contribution in [1.29, 1.82) is 0 Å². The van der Waals surface area contributed by atoms with Crippen LogP contribution in [0.25, 0.3) is 0 Å². The molecular formula is C20H26N2O5S. The molecule has 1 amide bonds. The van der Waals surface area contributed by atoms with Crippen molar-refractivity contribution in [3.8, 4) is 11.5 Å². The molecule has 2 aromatic carbocycles. The van der Waals surface area contributed by atoms with Crippen LogP contribution in [0.4, 0.5) is 11.4 Å². The molecule has 0 atom stereocenters. The lowest BCUT2D eigenvalue weighted by Crippen LogP contribution is -2.16. The fourth-order valence-corrected chi connectivity index (χ4v) is 3.85. The van der Waals surface area contributed by atoms with Gasteiger partial charge in [-0.1, -0.05) is 19.8 Å². The lowest BCUT2D eigenvalue weighted by molar-refractivity contribution is -0.116. The Morgan fingerprint density at radius 1 is 0.964 bits per heavy atom. The van der Waals surface area contributed by atoms with E-state index >= 15 is 0 Å². The summed E-state index contributed by atoms with van der Waals surface area (Å²) < 4.78 is 38.5. The van der Waals surface area contributed by atoms with Crippen molar-refractivity contribution in [1.82, 2.24) is 0 Å². The number of nitrogens with one attached hydrogen (secondary N) is 2. The Bertz CT molecular complexity index is 895. The third-order valence-corrected chi connectivity index (χ3v) is 5.49. The molecule has 0 saturated carbocycles. The third-order valence-electron chi connectivity index (χ3n) is 4.09. The van der Waals surface area contributed by atoms with Gasteiger partial charge >= 0.3 is 0 Å². The minimum atomic E-state index is -3.92. The van der Waals surface area contributed by atoms with Crippen LogP contribution in [0.2, 0.25) is 0 Å². The van der Waals surface area contributed by atoms with E-state index in [1.54, 1.807) is 30.3 Å². The first-order chi connectivity index (χ1) is 13.4. The van der Waals surface area contributed by atoms with Gasteiger partial charge in [-0.2, -0.15) is 0 Å². The average Bonchev–Trinajstić information content (AvgIpc) is 2.68. The summed E-state index contributed by atoms with van der Waals surface area (Å²) in [6.45, 7) is 2.06. The smallest absolute Gasteiger partial charge is 0.265 e. The fraction of sp³-hybridized carbons (Fsp3) is 0.350. The molecule has 7 nitrogen and oxygen atoms in total. The van der Waals surface area contributed by atoms with Crippen LogP contribution in [0.15, 0.2) is 47.4 Å². The van der Waals surface area contributed by atoms with Gasteiger partial charge in [0.25, 0.3) is 10.0 Å². The van der Waals surface area contributed by atoms with Crippen molar-refractivity contribution in [2.24, 2.45) is 0 Å². The summed E-state index contributed by atoms with van der Waals surface area (Å²) >= 11 is 0. The summed E-state index contributed by atoms with van der Waals surface area (Å²) in [5.74, 6) is 0.656. The van der Waals surface area contributed by atoms with E-state index in [0.29, 0.717) is 23.5 Å². The summed E-state index contributed by atoms with van der Waals surface area (Å²) in [5.41, 5.74) is 0.786. The second-order valence-corrected chi connectivity index (χ2v) is 7.86. The molecule has 0 saturated heterocycles. The number of amides is 1. The SMILES string of the molecule is CCCCCC(=O)Nc1ccc(OC)c(S(=O)(=O)Nc2ccc(OC)cc2)c1. The summed E-state index contributed by atoms with van der Waals surface area (Å²) in [7, 11) is -0.995. The van der Waals surface area contributed by atoms with Crippen LogP contribution in [0.3, 0.4) is 0 Å². The van der Waals surface area contributed by atoms with Gasteiger partial charge in [-0.25, -0.2) is 8.42 Å². The van der Waals surface area contributed by atoms with Crippen LogP contribution in [0.1, 0.15) is 32.6 Å². The Kier molecular flexibility index (Phi) is 7.69. The molecule has 0 fully saturated rings. The van der Waals surface area contributed by atoms with Gasteiger partial charge in [0.05, 0.1) is 14.2 Å². The summed E-state index contributed by atoms with van der Waals surface area (Å²) in [6.07, 6.45) is 3.19. The molecule has 2 rings (SSSR count). The molecule has 8 heteroatoms. The predicted octanol–water partition coefficient (Wildman–Crippen LogP) is 4.02. The second kappa shape index (κ2) is 9.98. The quantitative estimate of drug-likeness (QED) is 0.581. The van der Waals surface area contributed by atoms with Gasteiger partial charge < -0.3 is 14.8 Å². The van der Waals surface area contributed by atoms with E-state index in [1.807, 2.05) is 0 Å². The summed E-state index contributed by atoms with van der Waals surface area (Å²) in [6, 6.07) is 11.0. The Morgan fingerprint density at radius 2 is 1.64 bits per heavy atom. The van der Waals surface area contributed by atoms with Gasteiger partial charge in [-0.05, 0) is 48.9 Å². The Labute approximate surface area is 166 Å². The zero-order chi connectivity index (χ0) is 20.6. The fourth-order valence-electron chi connectivity index (χ4n) is 2.59. The first-order valence-corrected chi connectivity index (χ1v) is 10.5. The molecule has 0 radical (unpaired) electrons. The van der Waals surface area contributed by atoms with E-state index in [0.717, 1.165) is 19.3 Å². The number of methoxy groups -OCH3 is 2.